The van der Waals surface area contributed by atoms with Crippen molar-refractivity contribution in [1.82, 2.24) is 10.2 Å². The van der Waals surface area contributed by atoms with Gasteiger partial charge >= 0.3 is 0 Å². The van der Waals surface area contributed by atoms with Crippen LogP contribution in [0.1, 0.15) is 30.9 Å². The molecule has 3 rings (SSSR count). The number of benzene rings is 2. The quantitative estimate of drug-likeness (QED) is 0.737. The molecule has 1 atom stereocenters. The molecule has 0 aromatic heterocycles. The SMILES string of the molecule is C[C@@H](O)CNC(=O)C1CCN(Cc2ccc(OCc3ccccc3)cc2)CC1. The predicted octanol–water partition coefficient (Wildman–Crippen LogP) is 2.97. The summed E-state index contributed by atoms with van der Waals surface area (Å²) >= 11 is 0. The summed E-state index contributed by atoms with van der Waals surface area (Å²) in [5, 5.41) is 12.1. The molecule has 0 spiro atoms. The summed E-state index contributed by atoms with van der Waals surface area (Å²) in [4.78, 5) is 14.5. The molecule has 1 saturated heterocycles. The highest BCUT2D eigenvalue weighted by Gasteiger charge is 2.24. The minimum Gasteiger partial charge on any atom is -0.489 e. The highest BCUT2D eigenvalue weighted by molar-refractivity contribution is 5.78. The van der Waals surface area contributed by atoms with Crippen LogP contribution in [0, 0.1) is 5.92 Å². The average Bonchev–Trinajstić information content (AvgIpc) is 2.73. The topological polar surface area (TPSA) is 61.8 Å². The number of hydrogen-bond acceptors (Lipinski definition) is 4. The van der Waals surface area contributed by atoms with Crippen molar-refractivity contribution in [1.29, 1.82) is 0 Å². The third kappa shape index (κ3) is 6.36. The van der Waals surface area contributed by atoms with Crippen molar-refractivity contribution in [2.45, 2.75) is 39.0 Å². The van der Waals surface area contributed by atoms with Gasteiger partial charge in [0.25, 0.3) is 0 Å². The largest absolute Gasteiger partial charge is 0.489 e. The maximum absolute atomic E-state index is 12.1. The number of ether oxygens (including phenoxy) is 1. The van der Waals surface area contributed by atoms with Gasteiger partial charge in [0.15, 0.2) is 0 Å². The molecule has 0 unspecified atom stereocenters. The molecule has 1 amide bonds. The zero-order valence-corrected chi connectivity index (χ0v) is 16.5. The second-order valence-electron chi connectivity index (χ2n) is 7.56. The molecule has 1 aliphatic rings. The standard InChI is InChI=1S/C23H30N2O3/c1-18(26)15-24-23(27)21-11-13-25(14-12-21)16-19-7-9-22(10-8-19)28-17-20-5-3-2-4-6-20/h2-10,18,21,26H,11-17H2,1H3,(H,24,27)/t18-/m1/s1. The monoisotopic (exact) mass is 382 g/mol. The summed E-state index contributed by atoms with van der Waals surface area (Å²) in [7, 11) is 0. The van der Waals surface area contributed by atoms with Gasteiger partial charge in [-0.2, -0.15) is 0 Å². The number of hydrogen-bond donors (Lipinski definition) is 2. The molecule has 5 heteroatoms. The van der Waals surface area contributed by atoms with Crippen LogP contribution < -0.4 is 10.1 Å². The molecule has 5 nitrogen and oxygen atoms in total. The third-order valence-corrected chi connectivity index (χ3v) is 5.11. The van der Waals surface area contributed by atoms with Gasteiger partial charge in [-0.25, -0.2) is 0 Å². The molecular formula is C23H30N2O3. The van der Waals surface area contributed by atoms with Gasteiger partial charge in [-0.05, 0) is 56.1 Å². The molecule has 1 heterocycles. The molecule has 2 aromatic rings. The molecule has 2 aromatic carbocycles. The van der Waals surface area contributed by atoms with E-state index in [0.717, 1.165) is 43.8 Å². The van der Waals surface area contributed by atoms with Crippen molar-refractivity contribution < 1.29 is 14.6 Å². The normalized spacial score (nSPS) is 16.5. The van der Waals surface area contributed by atoms with E-state index in [1.54, 1.807) is 6.92 Å². The van der Waals surface area contributed by atoms with Gasteiger partial charge in [0, 0.05) is 19.0 Å². The van der Waals surface area contributed by atoms with E-state index in [0.29, 0.717) is 13.2 Å². The molecular weight excluding hydrogens is 352 g/mol. The number of aliphatic hydroxyl groups excluding tert-OH is 1. The number of carbonyl (C=O) groups excluding carboxylic acids is 1. The Hall–Kier alpha value is -2.37. The van der Waals surface area contributed by atoms with E-state index in [2.05, 4.69) is 34.5 Å². The second kappa shape index (κ2) is 10.2. The first kappa shape index (κ1) is 20.4. The lowest BCUT2D eigenvalue weighted by Crippen LogP contribution is -2.41. The molecule has 1 aliphatic heterocycles. The van der Waals surface area contributed by atoms with Gasteiger partial charge in [-0.3, -0.25) is 9.69 Å². The number of likely N-dealkylation sites (tertiary alicyclic amines) is 1. The first-order valence-electron chi connectivity index (χ1n) is 10.0. The highest BCUT2D eigenvalue weighted by Crippen LogP contribution is 2.21. The Bertz CT molecular complexity index is 723. The minimum absolute atomic E-state index is 0.0590. The van der Waals surface area contributed by atoms with Crippen molar-refractivity contribution in [3.8, 4) is 5.75 Å². The number of aliphatic hydroxyl groups is 1. The number of carbonyl (C=O) groups is 1. The van der Waals surface area contributed by atoms with Crippen molar-refractivity contribution in [2.24, 2.45) is 5.92 Å². The van der Waals surface area contributed by atoms with E-state index in [4.69, 9.17) is 4.74 Å². The number of nitrogens with one attached hydrogen (secondary N) is 1. The Balaban J connectivity index is 1.41. The van der Waals surface area contributed by atoms with Crippen molar-refractivity contribution in [2.75, 3.05) is 19.6 Å². The first-order valence-corrected chi connectivity index (χ1v) is 10.0. The Morgan fingerprint density at radius 2 is 1.79 bits per heavy atom. The molecule has 0 bridgehead atoms. The lowest BCUT2D eigenvalue weighted by atomic mass is 9.95. The molecule has 1 fully saturated rings. The van der Waals surface area contributed by atoms with Crippen LogP contribution in [0.3, 0.4) is 0 Å². The van der Waals surface area contributed by atoms with E-state index in [1.165, 1.54) is 5.56 Å². The first-order chi connectivity index (χ1) is 13.6. The molecule has 0 radical (unpaired) electrons. The number of piperidine rings is 1. The van der Waals surface area contributed by atoms with Gasteiger partial charge in [-0.15, -0.1) is 0 Å². The van der Waals surface area contributed by atoms with E-state index < -0.39 is 6.10 Å². The number of rotatable bonds is 8. The van der Waals surface area contributed by atoms with Crippen LogP contribution in [0.5, 0.6) is 5.75 Å². The van der Waals surface area contributed by atoms with Gasteiger partial charge in [0.05, 0.1) is 6.10 Å². The fourth-order valence-corrected chi connectivity index (χ4v) is 3.44. The Labute approximate surface area is 167 Å². The number of amides is 1. The van der Waals surface area contributed by atoms with Crippen LogP contribution in [0.15, 0.2) is 54.6 Å². The molecule has 0 aliphatic carbocycles. The maximum atomic E-state index is 12.1. The fourth-order valence-electron chi connectivity index (χ4n) is 3.44. The second-order valence-corrected chi connectivity index (χ2v) is 7.56. The minimum atomic E-state index is -0.497. The zero-order chi connectivity index (χ0) is 19.8. The van der Waals surface area contributed by atoms with E-state index in [9.17, 15) is 9.90 Å². The van der Waals surface area contributed by atoms with Gasteiger partial charge in [-0.1, -0.05) is 42.5 Å². The van der Waals surface area contributed by atoms with Crippen molar-refractivity contribution >= 4 is 5.91 Å². The smallest absolute Gasteiger partial charge is 0.223 e. The highest BCUT2D eigenvalue weighted by atomic mass is 16.5. The van der Waals surface area contributed by atoms with Crippen LogP contribution in [0.4, 0.5) is 0 Å². The van der Waals surface area contributed by atoms with Crippen LogP contribution in [-0.2, 0) is 17.9 Å². The van der Waals surface area contributed by atoms with Crippen LogP contribution in [0.2, 0.25) is 0 Å². The lowest BCUT2D eigenvalue weighted by molar-refractivity contribution is -0.126. The molecule has 28 heavy (non-hydrogen) atoms. The van der Waals surface area contributed by atoms with E-state index in [1.807, 2.05) is 30.3 Å². The zero-order valence-electron chi connectivity index (χ0n) is 16.5. The summed E-state index contributed by atoms with van der Waals surface area (Å²) in [6.45, 7) is 5.31. The average molecular weight is 383 g/mol. The lowest BCUT2D eigenvalue weighted by Gasteiger charge is -2.31. The Morgan fingerprint density at radius 3 is 2.43 bits per heavy atom. The fraction of sp³-hybridized carbons (Fsp3) is 0.435. The number of nitrogens with zero attached hydrogens (tertiary/aromatic N) is 1. The summed E-state index contributed by atoms with van der Waals surface area (Å²) in [5.74, 6) is 1.00. The van der Waals surface area contributed by atoms with Gasteiger partial charge < -0.3 is 15.2 Å². The summed E-state index contributed by atoms with van der Waals surface area (Å²) in [5.41, 5.74) is 2.41. The summed E-state index contributed by atoms with van der Waals surface area (Å²) in [6, 6.07) is 18.4. The Morgan fingerprint density at radius 1 is 1.11 bits per heavy atom. The van der Waals surface area contributed by atoms with Gasteiger partial charge in [0.1, 0.15) is 12.4 Å². The van der Waals surface area contributed by atoms with Crippen molar-refractivity contribution in [3.63, 3.8) is 0 Å². The van der Waals surface area contributed by atoms with E-state index >= 15 is 0 Å². The van der Waals surface area contributed by atoms with Crippen LogP contribution in [0.25, 0.3) is 0 Å². The summed E-state index contributed by atoms with van der Waals surface area (Å²) in [6.07, 6.45) is 1.23. The van der Waals surface area contributed by atoms with Crippen LogP contribution >= 0.6 is 0 Å². The maximum Gasteiger partial charge on any atom is 0.223 e. The molecule has 0 saturated carbocycles. The van der Waals surface area contributed by atoms with Crippen LogP contribution in [-0.4, -0.2) is 41.7 Å². The Kier molecular flexibility index (Phi) is 7.46. The van der Waals surface area contributed by atoms with Crippen molar-refractivity contribution in [3.05, 3.63) is 65.7 Å². The summed E-state index contributed by atoms with van der Waals surface area (Å²) < 4.78 is 5.84. The van der Waals surface area contributed by atoms with E-state index in [-0.39, 0.29) is 11.8 Å². The molecule has 2 N–H and O–H groups in total. The third-order valence-electron chi connectivity index (χ3n) is 5.11. The molecule has 150 valence electrons. The predicted molar refractivity (Wildman–Crippen MR) is 110 cm³/mol. The van der Waals surface area contributed by atoms with Gasteiger partial charge in [0.2, 0.25) is 5.91 Å².